The third-order valence-electron chi connectivity index (χ3n) is 3.71. The molecule has 1 atom stereocenters. The van der Waals surface area contributed by atoms with Gasteiger partial charge < -0.3 is 0 Å². The minimum absolute atomic E-state index is 0.318. The molecule has 0 aromatic heterocycles. The Morgan fingerprint density at radius 2 is 1.76 bits per heavy atom. The number of alkyl halides is 3. The average molecular weight is 244 g/mol. The first kappa shape index (κ1) is 14.1. The van der Waals surface area contributed by atoms with Crippen LogP contribution in [0.15, 0.2) is 34.4 Å². The third kappa shape index (κ3) is 2.82. The molecule has 1 fully saturated rings. The summed E-state index contributed by atoms with van der Waals surface area (Å²) in [4.78, 5) is 0. The molecular formula is C14H19F3. The highest BCUT2D eigenvalue weighted by Gasteiger charge is 2.33. The molecule has 1 aliphatic rings. The van der Waals surface area contributed by atoms with Gasteiger partial charge in [-0.2, -0.15) is 13.2 Å². The van der Waals surface area contributed by atoms with Crippen molar-refractivity contribution in [3.8, 4) is 0 Å². The average Bonchev–Trinajstić information content (AvgIpc) is 2.54. The first-order valence-electron chi connectivity index (χ1n) is 5.80. The molecule has 0 aromatic rings. The molecule has 0 bridgehead atoms. The predicted octanol–water partition coefficient (Wildman–Crippen LogP) is 5.19. The highest BCUT2D eigenvalue weighted by molar-refractivity contribution is 5.47. The number of hydrogen-bond donors (Lipinski definition) is 0. The molecule has 1 aliphatic carbocycles. The smallest absolute Gasteiger partial charge is 0.166 e. The summed E-state index contributed by atoms with van der Waals surface area (Å²) < 4.78 is 37.9. The zero-order valence-electron chi connectivity index (χ0n) is 10.8. The van der Waals surface area contributed by atoms with Crippen molar-refractivity contribution < 1.29 is 13.2 Å². The van der Waals surface area contributed by atoms with E-state index < -0.39 is 11.7 Å². The second-order valence-corrected chi connectivity index (χ2v) is 4.83. The molecule has 1 unspecified atom stereocenters. The summed E-state index contributed by atoms with van der Waals surface area (Å²) in [5.41, 5.74) is 2.59. The minimum Gasteiger partial charge on any atom is -0.166 e. The van der Waals surface area contributed by atoms with Crippen molar-refractivity contribution in [2.45, 2.75) is 46.7 Å². The number of hydrogen-bond acceptors (Lipinski definition) is 0. The van der Waals surface area contributed by atoms with Gasteiger partial charge >= 0.3 is 6.18 Å². The Morgan fingerprint density at radius 1 is 1.24 bits per heavy atom. The van der Waals surface area contributed by atoms with Crippen LogP contribution in [0.3, 0.4) is 0 Å². The lowest BCUT2D eigenvalue weighted by Gasteiger charge is -2.16. The standard InChI is InChI=1S/C14H19F3/c1-8-6-7-9(2)13(8)11(4)10(3)12(5)14(15,16)17/h9H,1,6-7H2,2-5H3/b12-10+,13-11+. The predicted molar refractivity (Wildman–Crippen MR) is 64.7 cm³/mol. The van der Waals surface area contributed by atoms with E-state index in [1.54, 1.807) is 13.8 Å². The number of allylic oxidation sites excluding steroid dienone is 5. The highest BCUT2D eigenvalue weighted by atomic mass is 19.4. The van der Waals surface area contributed by atoms with Gasteiger partial charge in [0.25, 0.3) is 0 Å². The first-order chi connectivity index (χ1) is 7.66. The van der Waals surface area contributed by atoms with E-state index in [0.29, 0.717) is 11.5 Å². The van der Waals surface area contributed by atoms with Crippen LogP contribution in [-0.4, -0.2) is 6.18 Å². The summed E-state index contributed by atoms with van der Waals surface area (Å²) in [7, 11) is 0. The fraction of sp³-hybridized carbons (Fsp3) is 0.571. The summed E-state index contributed by atoms with van der Waals surface area (Å²) in [5, 5.41) is 0. The lowest BCUT2D eigenvalue weighted by Crippen LogP contribution is -2.12. The third-order valence-corrected chi connectivity index (χ3v) is 3.71. The summed E-state index contributed by atoms with van der Waals surface area (Å²) in [6.07, 6.45) is -2.36. The second-order valence-electron chi connectivity index (χ2n) is 4.83. The van der Waals surface area contributed by atoms with E-state index in [9.17, 15) is 13.2 Å². The van der Waals surface area contributed by atoms with E-state index >= 15 is 0 Å². The van der Waals surface area contributed by atoms with Crippen LogP contribution >= 0.6 is 0 Å². The Kier molecular flexibility index (Phi) is 3.90. The van der Waals surface area contributed by atoms with E-state index in [1.807, 2.05) is 6.92 Å². The Hall–Kier alpha value is -0.990. The van der Waals surface area contributed by atoms with Gasteiger partial charge in [-0.25, -0.2) is 0 Å². The van der Waals surface area contributed by atoms with Crippen molar-refractivity contribution >= 4 is 0 Å². The highest BCUT2D eigenvalue weighted by Crippen LogP contribution is 2.40. The molecule has 0 aliphatic heterocycles. The van der Waals surface area contributed by atoms with Crippen LogP contribution in [0.4, 0.5) is 13.2 Å². The van der Waals surface area contributed by atoms with Crippen LogP contribution < -0.4 is 0 Å². The van der Waals surface area contributed by atoms with Crippen molar-refractivity contribution in [1.82, 2.24) is 0 Å². The maximum Gasteiger partial charge on any atom is 0.412 e. The Balaban J connectivity index is 3.25. The molecule has 1 saturated carbocycles. The molecule has 0 spiro atoms. The minimum atomic E-state index is -4.24. The molecule has 17 heavy (non-hydrogen) atoms. The lowest BCUT2D eigenvalue weighted by atomic mass is 9.92. The fourth-order valence-electron chi connectivity index (χ4n) is 2.35. The SMILES string of the molecule is C=C1CCC(C)/C1=C(C)/C(C)=C(\C)C(F)(F)F. The lowest BCUT2D eigenvalue weighted by molar-refractivity contribution is -0.0920. The fourth-order valence-corrected chi connectivity index (χ4v) is 2.35. The summed E-state index contributed by atoms with van der Waals surface area (Å²) in [5.74, 6) is 0.318. The van der Waals surface area contributed by atoms with E-state index in [1.165, 1.54) is 0 Å². The molecule has 0 nitrogen and oxygen atoms in total. The molecule has 0 saturated heterocycles. The van der Waals surface area contributed by atoms with Gasteiger partial charge in [-0.3, -0.25) is 0 Å². The zero-order valence-corrected chi connectivity index (χ0v) is 10.8. The molecule has 0 amide bonds. The van der Waals surface area contributed by atoms with Gasteiger partial charge in [0.2, 0.25) is 0 Å². The molecule has 0 heterocycles. The van der Waals surface area contributed by atoms with E-state index in [2.05, 4.69) is 6.58 Å². The van der Waals surface area contributed by atoms with Gasteiger partial charge in [-0.15, -0.1) is 0 Å². The van der Waals surface area contributed by atoms with Crippen LogP contribution in [0.25, 0.3) is 0 Å². The van der Waals surface area contributed by atoms with Crippen molar-refractivity contribution in [2.24, 2.45) is 5.92 Å². The molecule has 0 radical (unpaired) electrons. The maximum absolute atomic E-state index is 12.6. The van der Waals surface area contributed by atoms with E-state index in [4.69, 9.17) is 0 Å². The first-order valence-corrected chi connectivity index (χ1v) is 5.80. The van der Waals surface area contributed by atoms with Crippen LogP contribution in [-0.2, 0) is 0 Å². The summed E-state index contributed by atoms with van der Waals surface area (Å²) >= 11 is 0. The van der Waals surface area contributed by atoms with Crippen LogP contribution in [0.1, 0.15) is 40.5 Å². The Morgan fingerprint density at radius 3 is 2.12 bits per heavy atom. The number of rotatable bonds is 1. The van der Waals surface area contributed by atoms with Crippen molar-refractivity contribution in [3.63, 3.8) is 0 Å². The van der Waals surface area contributed by atoms with Gasteiger partial charge in [0.05, 0.1) is 0 Å². The number of halogens is 3. The quantitative estimate of drug-likeness (QED) is 0.595. The van der Waals surface area contributed by atoms with Crippen LogP contribution in [0, 0.1) is 5.92 Å². The molecule has 0 aromatic carbocycles. The van der Waals surface area contributed by atoms with Crippen molar-refractivity contribution in [2.75, 3.05) is 0 Å². The van der Waals surface area contributed by atoms with E-state index in [0.717, 1.165) is 36.5 Å². The van der Waals surface area contributed by atoms with E-state index in [-0.39, 0.29) is 0 Å². The van der Waals surface area contributed by atoms with Crippen molar-refractivity contribution in [3.05, 3.63) is 34.4 Å². The Labute approximate surface area is 101 Å². The normalized spacial score (nSPS) is 26.1. The molecule has 0 N–H and O–H groups in total. The summed E-state index contributed by atoms with van der Waals surface area (Å²) in [6, 6.07) is 0. The van der Waals surface area contributed by atoms with Gasteiger partial charge in [-0.1, -0.05) is 19.1 Å². The maximum atomic E-state index is 12.6. The molecule has 3 heteroatoms. The van der Waals surface area contributed by atoms with Crippen LogP contribution in [0.5, 0.6) is 0 Å². The van der Waals surface area contributed by atoms with Gasteiger partial charge in [0.1, 0.15) is 0 Å². The van der Waals surface area contributed by atoms with Gasteiger partial charge in [-0.05, 0) is 56.3 Å². The topological polar surface area (TPSA) is 0 Å². The zero-order chi connectivity index (χ0) is 13.4. The largest absolute Gasteiger partial charge is 0.412 e. The summed E-state index contributed by atoms with van der Waals surface area (Å²) in [6.45, 7) is 10.5. The Bertz CT molecular complexity index is 394. The van der Waals surface area contributed by atoms with Gasteiger partial charge in [0, 0.05) is 5.57 Å². The molecule has 1 rings (SSSR count). The monoisotopic (exact) mass is 244 g/mol. The second kappa shape index (κ2) is 4.71. The van der Waals surface area contributed by atoms with Crippen LogP contribution in [0.2, 0.25) is 0 Å². The molecule has 96 valence electrons. The van der Waals surface area contributed by atoms with Crippen molar-refractivity contribution in [1.29, 1.82) is 0 Å². The van der Waals surface area contributed by atoms with Gasteiger partial charge in [0.15, 0.2) is 0 Å². The molecular weight excluding hydrogens is 225 g/mol.